The third kappa shape index (κ3) is 4.52. The summed E-state index contributed by atoms with van der Waals surface area (Å²) in [7, 11) is 0. The van der Waals surface area contributed by atoms with Crippen molar-refractivity contribution in [2.75, 3.05) is 0 Å². The molecule has 0 N–H and O–H groups in total. The summed E-state index contributed by atoms with van der Waals surface area (Å²) in [6.45, 7) is 8.74. The first-order valence-electron chi connectivity index (χ1n) is 18.5. The van der Waals surface area contributed by atoms with Crippen LogP contribution in [0.25, 0.3) is 92.3 Å². The molecule has 254 valence electrons. The van der Waals surface area contributed by atoms with E-state index < -0.39 is 0 Å². The fourth-order valence-corrected chi connectivity index (χ4v) is 9.96. The van der Waals surface area contributed by atoms with Gasteiger partial charge < -0.3 is 0 Å². The standard InChI is InChI=1S/C47H31N3S.C2H6/c1-47(2)37-24-10-8-18-31(37)32-20-12-21-33(41(32)47)34-22-13-23-36-40-30-17-7-6-14-28(30)26-27-38(40)50(44(34)36)46-48-42(29-15-4-3-5-16-29)45-43(49-46)35-19-9-11-25-39(35)51-45;1-2/h3-27H,1-2H3;1-2H3. The van der Waals surface area contributed by atoms with Crippen molar-refractivity contribution in [2.24, 2.45) is 0 Å². The second-order valence-electron chi connectivity index (χ2n) is 14.1. The normalized spacial score (nSPS) is 13.1. The van der Waals surface area contributed by atoms with Gasteiger partial charge in [-0.15, -0.1) is 11.3 Å². The van der Waals surface area contributed by atoms with Crippen LogP contribution >= 0.6 is 11.3 Å². The molecule has 0 amide bonds. The Balaban J connectivity index is 0.00000172. The Morgan fingerprint density at radius 2 is 1.19 bits per heavy atom. The SMILES string of the molecule is CC.CC1(C)c2ccccc2-c2cccc(-c3cccc4c5c6ccccc6ccc5n(-c5nc(-c6ccccc6)c6sc7ccccc7c6n5)c34)c21. The molecule has 0 bridgehead atoms. The number of hydrogen-bond donors (Lipinski definition) is 0. The third-order valence-corrected chi connectivity index (χ3v) is 12.2. The van der Waals surface area contributed by atoms with E-state index in [1.807, 2.05) is 13.8 Å². The Morgan fingerprint density at radius 1 is 0.547 bits per heavy atom. The first-order chi connectivity index (χ1) is 26.1. The molecule has 0 unspecified atom stereocenters. The largest absolute Gasteiger partial charge is 0.277 e. The number of benzene rings is 7. The van der Waals surface area contributed by atoms with Crippen molar-refractivity contribution in [1.29, 1.82) is 0 Å². The predicted octanol–water partition coefficient (Wildman–Crippen LogP) is 13.8. The Morgan fingerprint density at radius 3 is 2.04 bits per heavy atom. The summed E-state index contributed by atoms with van der Waals surface area (Å²) in [6.07, 6.45) is 0. The molecule has 3 aromatic heterocycles. The van der Waals surface area contributed by atoms with E-state index in [4.69, 9.17) is 9.97 Å². The molecule has 0 fully saturated rings. The summed E-state index contributed by atoms with van der Waals surface area (Å²) >= 11 is 1.77. The molecule has 11 rings (SSSR count). The van der Waals surface area contributed by atoms with Gasteiger partial charge in [0.2, 0.25) is 5.95 Å². The maximum absolute atomic E-state index is 5.52. The molecule has 0 radical (unpaired) electrons. The van der Waals surface area contributed by atoms with E-state index >= 15 is 0 Å². The zero-order chi connectivity index (χ0) is 35.8. The van der Waals surface area contributed by atoms with Gasteiger partial charge in [0, 0.05) is 37.4 Å². The lowest BCUT2D eigenvalue weighted by atomic mass is 9.78. The topological polar surface area (TPSA) is 30.7 Å². The van der Waals surface area contributed by atoms with Gasteiger partial charge in [0.05, 0.1) is 26.9 Å². The quantitative estimate of drug-likeness (QED) is 0.184. The summed E-state index contributed by atoms with van der Waals surface area (Å²) in [6, 6.07) is 54.9. The van der Waals surface area contributed by atoms with Crippen LogP contribution in [0.5, 0.6) is 0 Å². The van der Waals surface area contributed by atoms with Crippen LogP contribution in [0.15, 0.2) is 152 Å². The van der Waals surface area contributed by atoms with E-state index in [1.54, 1.807) is 11.3 Å². The van der Waals surface area contributed by atoms with Gasteiger partial charge in [-0.05, 0) is 50.7 Å². The average molecular weight is 700 g/mol. The molecule has 0 saturated heterocycles. The molecule has 1 aliphatic rings. The number of nitrogens with zero attached hydrogens (tertiary/aromatic N) is 3. The highest BCUT2D eigenvalue weighted by Crippen LogP contribution is 2.53. The highest BCUT2D eigenvalue weighted by molar-refractivity contribution is 7.26. The van der Waals surface area contributed by atoms with Gasteiger partial charge >= 0.3 is 0 Å². The van der Waals surface area contributed by atoms with Crippen molar-refractivity contribution in [3.05, 3.63) is 163 Å². The van der Waals surface area contributed by atoms with E-state index in [2.05, 4.69) is 170 Å². The Hall–Kier alpha value is -6.10. The minimum atomic E-state index is -0.167. The van der Waals surface area contributed by atoms with E-state index in [0.29, 0.717) is 5.95 Å². The monoisotopic (exact) mass is 699 g/mol. The Bertz CT molecular complexity index is 3060. The van der Waals surface area contributed by atoms with Gasteiger partial charge in [0.25, 0.3) is 0 Å². The Kier molecular flexibility index (Phi) is 7.15. The predicted molar refractivity (Wildman–Crippen MR) is 227 cm³/mol. The van der Waals surface area contributed by atoms with Crippen molar-refractivity contribution in [2.45, 2.75) is 33.1 Å². The van der Waals surface area contributed by atoms with Crippen molar-refractivity contribution in [1.82, 2.24) is 14.5 Å². The summed E-state index contributed by atoms with van der Waals surface area (Å²) in [5.41, 5.74) is 12.9. The summed E-state index contributed by atoms with van der Waals surface area (Å²) in [4.78, 5) is 11.0. The molecule has 3 nitrogen and oxygen atoms in total. The Labute approximate surface area is 312 Å². The number of hydrogen-bond acceptors (Lipinski definition) is 3. The number of thiophene rings is 1. The fraction of sp³-hybridized carbons (Fsp3) is 0.102. The number of rotatable bonds is 3. The molecule has 7 aromatic carbocycles. The molecule has 1 aliphatic carbocycles. The van der Waals surface area contributed by atoms with E-state index in [0.717, 1.165) is 37.9 Å². The lowest BCUT2D eigenvalue weighted by Gasteiger charge is -2.25. The van der Waals surface area contributed by atoms with Gasteiger partial charge in [-0.1, -0.05) is 167 Å². The van der Waals surface area contributed by atoms with Gasteiger partial charge in [-0.25, -0.2) is 9.97 Å². The zero-order valence-electron chi connectivity index (χ0n) is 30.2. The van der Waals surface area contributed by atoms with Crippen molar-refractivity contribution < 1.29 is 0 Å². The van der Waals surface area contributed by atoms with Crippen LogP contribution < -0.4 is 0 Å². The van der Waals surface area contributed by atoms with Gasteiger partial charge in [0.15, 0.2) is 0 Å². The van der Waals surface area contributed by atoms with Crippen LogP contribution in [0.1, 0.15) is 38.8 Å². The molecule has 0 aliphatic heterocycles. The third-order valence-electron chi connectivity index (χ3n) is 11.0. The van der Waals surface area contributed by atoms with Crippen molar-refractivity contribution >= 4 is 64.2 Å². The van der Waals surface area contributed by atoms with Gasteiger partial charge in [-0.2, -0.15) is 0 Å². The minimum absolute atomic E-state index is 0.167. The highest BCUT2D eigenvalue weighted by Gasteiger charge is 2.38. The lowest BCUT2D eigenvalue weighted by Crippen LogP contribution is -2.16. The smallest absolute Gasteiger partial charge is 0.235 e. The highest BCUT2D eigenvalue weighted by atomic mass is 32.1. The van der Waals surface area contributed by atoms with Crippen LogP contribution in [0, 0.1) is 0 Å². The maximum Gasteiger partial charge on any atom is 0.235 e. The molecule has 4 heteroatoms. The molecule has 53 heavy (non-hydrogen) atoms. The van der Waals surface area contributed by atoms with Crippen LogP contribution in [0.3, 0.4) is 0 Å². The second kappa shape index (κ2) is 12.0. The first-order valence-corrected chi connectivity index (χ1v) is 19.3. The average Bonchev–Trinajstić information content (AvgIpc) is 3.84. The first kappa shape index (κ1) is 31.6. The molecule has 3 heterocycles. The molecular weight excluding hydrogens is 663 g/mol. The maximum atomic E-state index is 5.52. The lowest BCUT2D eigenvalue weighted by molar-refractivity contribution is 0.662. The molecule has 10 aromatic rings. The summed E-state index contributed by atoms with van der Waals surface area (Å²) in [5, 5.41) is 6.03. The molecular formula is C49H37N3S. The zero-order valence-corrected chi connectivity index (χ0v) is 31.0. The van der Waals surface area contributed by atoms with E-state index in [-0.39, 0.29) is 5.41 Å². The minimum Gasteiger partial charge on any atom is -0.277 e. The van der Waals surface area contributed by atoms with E-state index in [9.17, 15) is 0 Å². The van der Waals surface area contributed by atoms with Crippen LogP contribution in [-0.4, -0.2) is 14.5 Å². The fourth-order valence-electron chi connectivity index (χ4n) is 8.80. The molecule has 0 atom stereocenters. The van der Waals surface area contributed by atoms with Crippen molar-refractivity contribution in [3.8, 4) is 39.5 Å². The van der Waals surface area contributed by atoms with Gasteiger partial charge in [0.1, 0.15) is 0 Å². The van der Waals surface area contributed by atoms with Crippen LogP contribution in [0.2, 0.25) is 0 Å². The number of para-hydroxylation sites is 1. The number of aromatic nitrogens is 3. The van der Waals surface area contributed by atoms with Crippen LogP contribution in [0.4, 0.5) is 0 Å². The second-order valence-corrected chi connectivity index (χ2v) is 15.2. The molecule has 0 saturated carbocycles. The van der Waals surface area contributed by atoms with Gasteiger partial charge in [-0.3, -0.25) is 4.57 Å². The summed E-state index contributed by atoms with van der Waals surface area (Å²) < 4.78 is 4.67. The molecule has 0 spiro atoms. The number of fused-ring (bicyclic) bond motifs is 11. The van der Waals surface area contributed by atoms with Crippen LogP contribution in [-0.2, 0) is 5.41 Å². The summed E-state index contributed by atoms with van der Waals surface area (Å²) in [5.74, 6) is 0.683. The van der Waals surface area contributed by atoms with Crippen molar-refractivity contribution in [3.63, 3.8) is 0 Å². The van der Waals surface area contributed by atoms with E-state index in [1.165, 1.54) is 59.6 Å².